The molecule has 2 rings (SSSR count). The first-order valence-corrected chi connectivity index (χ1v) is 5.91. The number of methoxy groups -OCH3 is 1. The lowest BCUT2D eigenvalue weighted by Gasteiger charge is -2.15. The first-order valence-electron chi connectivity index (χ1n) is 5.11. The molecular weight excluding hydrogens is 288 g/mol. The molecule has 0 radical (unpaired) electrons. The third-order valence-electron chi connectivity index (χ3n) is 2.68. The molecule has 1 atom stereocenters. The van der Waals surface area contributed by atoms with E-state index in [2.05, 4.69) is 25.7 Å². The monoisotopic (exact) mass is 298 g/mol. The van der Waals surface area contributed by atoms with Crippen LogP contribution in [0.4, 0.5) is 5.69 Å². The Hall–Kier alpha value is -1.43. The summed E-state index contributed by atoms with van der Waals surface area (Å²) in [6.45, 7) is 0.356. The van der Waals surface area contributed by atoms with Crippen LogP contribution in [0.2, 0.25) is 0 Å². The number of halogens is 1. The van der Waals surface area contributed by atoms with E-state index in [0.717, 1.165) is 0 Å². The van der Waals surface area contributed by atoms with Gasteiger partial charge in [-0.1, -0.05) is 0 Å². The molecule has 1 aliphatic rings. The van der Waals surface area contributed by atoms with Crippen LogP contribution in [0.5, 0.6) is 0 Å². The van der Waals surface area contributed by atoms with Crippen molar-refractivity contribution in [3.63, 3.8) is 0 Å². The lowest BCUT2D eigenvalue weighted by atomic mass is 10.1. The van der Waals surface area contributed by atoms with Crippen LogP contribution in [-0.2, 0) is 14.3 Å². The second kappa shape index (κ2) is 4.83. The van der Waals surface area contributed by atoms with Gasteiger partial charge in [0.25, 0.3) is 0 Å². The van der Waals surface area contributed by atoms with Crippen molar-refractivity contribution in [3.8, 4) is 0 Å². The van der Waals surface area contributed by atoms with Gasteiger partial charge in [0.05, 0.1) is 24.9 Å². The van der Waals surface area contributed by atoms with Crippen LogP contribution in [0.1, 0.15) is 6.42 Å². The number of pyridine rings is 1. The number of hydrogen-bond donors (Lipinski definition) is 0. The number of nitrogens with zero attached hydrogens (tertiary/aromatic N) is 2. The second-order valence-corrected chi connectivity index (χ2v) is 4.58. The molecule has 17 heavy (non-hydrogen) atoms. The molecule has 2 heterocycles. The minimum atomic E-state index is -0.379. The van der Waals surface area contributed by atoms with Gasteiger partial charge in [-0.25, -0.2) is 4.98 Å². The Morgan fingerprint density at radius 1 is 1.59 bits per heavy atom. The van der Waals surface area contributed by atoms with E-state index < -0.39 is 0 Å². The molecule has 6 heteroatoms. The van der Waals surface area contributed by atoms with E-state index in [4.69, 9.17) is 0 Å². The molecular formula is C11H11BrN2O3. The van der Waals surface area contributed by atoms with Crippen molar-refractivity contribution < 1.29 is 14.3 Å². The number of hydrogen-bond acceptors (Lipinski definition) is 4. The van der Waals surface area contributed by atoms with Gasteiger partial charge in [0.2, 0.25) is 5.91 Å². The van der Waals surface area contributed by atoms with Gasteiger partial charge < -0.3 is 9.64 Å². The van der Waals surface area contributed by atoms with Gasteiger partial charge >= 0.3 is 5.97 Å². The molecule has 1 saturated heterocycles. The number of ether oxygens (including phenoxy) is 1. The maximum absolute atomic E-state index is 11.8. The fourth-order valence-electron chi connectivity index (χ4n) is 1.81. The van der Waals surface area contributed by atoms with Crippen molar-refractivity contribution in [1.82, 2.24) is 4.98 Å². The number of carbonyl (C=O) groups excluding carboxylic acids is 2. The summed E-state index contributed by atoms with van der Waals surface area (Å²) < 4.78 is 5.35. The van der Waals surface area contributed by atoms with Gasteiger partial charge in [0, 0.05) is 13.0 Å². The highest BCUT2D eigenvalue weighted by Gasteiger charge is 2.35. The third-order valence-corrected chi connectivity index (χ3v) is 3.15. The Kier molecular flexibility index (Phi) is 3.42. The Morgan fingerprint density at radius 2 is 2.35 bits per heavy atom. The van der Waals surface area contributed by atoms with E-state index in [0.29, 0.717) is 16.8 Å². The van der Waals surface area contributed by atoms with Crippen molar-refractivity contribution in [2.45, 2.75) is 6.42 Å². The molecule has 1 aromatic rings. The van der Waals surface area contributed by atoms with Crippen LogP contribution in [-0.4, -0.2) is 30.5 Å². The predicted molar refractivity (Wildman–Crippen MR) is 64.4 cm³/mol. The zero-order chi connectivity index (χ0) is 12.4. The van der Waals surface area contributed by atoms with Gasteiger partial charge in [0.1, 0.15) is 4.60 Å². The molecule has 0 bridgehead atoms. The number of rotatable bonds is 2. The average molecular weight is 299 g/mol. The minimum absolute atomic E-state index is 0.0791. The second-order valence-electron chi connectivity index (χ2n) is 3.77. The molecule has 1 aliphatic heterocycles. The number of carbonyl (C=O) groups is 2. The van der Waals surface area contributed by atoms with Crippen molar-refractivity contribution in [2.75, 3.05) is 18.6 Å². The molecule has 1 amide bonds. The quantitative estimate of drug-likeness (QED) is 0.611. The van der Waals surface area contributed by atoms with Crippen LogP contribution < -0.4 is 4.90 Å². The van der Waals surface area contributed by atoms with Crippen LogP contribution >= 0.6 is 15.9 Å². The molecule has 0 aromatic carbocycles. The van der Waals surface area contributed by atoms with Crippen LogP contribution in [0, 0.1) is 5.92 Å². The molecule has 0 spiro atoms. The highest BCUT2D eigenvalue weighted by Crippen LogP contribution is 2.25. The van der Waals surface area contributed by atoms with Gasteiger partial charge in [-0.2, -0.15) is 0 Å². The molecule has 1 unspecified atom stereocenters. The van der Waals surface area contributed by atoms with Gasteiger partial charge in [0.15, 0.2) is 0 Å². The molecule has 0 aliphatic carbocycles. The average Bonchev–Trinajstić information content (AvgIpc) is 2.71. The van der Waals surface area contributed by atoms with E-state index in [1.54, 1.807) is 23.2 Å². The molecule has 5 nitrogen and oxygen atoms in total. The van der Waals surface area contributed by atoms with Crippen molar-refractivity contribution in [3.05, 3.63) is 22.9 Å². The fraction of sp³-hybridized carbons (Fsp3) is 0.364. The molecule has 90 valence electrons. The Labute approximate surface area is 107 Å². The van der Waals surface area contributed by atoms with E-state index in [1.807, 2.05) is 0 Å². The normalized spacial score (nSPS) is 19.5. The zero-order valence-electron chi connectivity index (χ0n) is 9.22. The molecule has 1 fully saturated rings. The standard InChI is InChI=1S/C11H11BrN2O3/c1-17-11(16)7-4-10(15)14(6-7)8-2-3-9(12)13-5-8/h2-3,5,7H,4,6H2,1H3. The van der Waals surface area contributed by atoms with Crippen LogP contribution in [0.15, 0.2) is 22.9 Å². The summed E-state index contributed by atoms with van der Waals surface area (Å²) in [6, 6.07) is 3.54. The highest BCUT2D eigenvalue weighted by atomic mass is 79.9. The highest BCUT2D eigenvalue weighted by molar-refractivity contribution is 9.10. The Bertz CT molecular complexity index is 447. The first kappa shape index (κ1) is 12.0. The summed E-state index contributed by atoms with van der Waals surface area (Å²) >= 11 is 3.23. The SMILES string of the molecule is COC(=O)C1CC(=O)N(c2ccc(Br)nc2)C1. The summed E-state index contributed by atoms with van der Waals surface area (Å²) in [5, 5.41) is 0. The Balaban J connectivity index is 2.15. The fourth-order valence-corrected chi connectivity index (χ4v) is 2.04. The van der Waals surface area contributed by atoms with Gasteiger partial charge in [-0.15, -0.1) is 0 Å². The third kappa shape index (κ3) is 2.46. The van der Waals surface area contributed by atoms with Crippen LogP contribution in [0.25, 0.3) is 0 Å². The summed E-state index contributed by atoms with van der Waals surface area (Å²) in [4.78, 5) is 28.7. The zero-order valence-corrected chi connectivity index (χ0v) is 10.8. The van der Waals surface area contributed by atoms with E-state index in [-0.39, 0.29) is 24.2 Å². The summed E-state index contributed by atoms with van der Waals surface area (Å²) in [5.74, 6) is -0.799. The topological polar surface area (TPSA) is 59.5 Å². The number of amides is 1. The predicted octanol–water partition coefficient (Wildman–Crippen LogP) is 1.37. The van der Waals surface area contributed by atoms with Crippen molar-refractivity contribution in [2.24, 2.45) is 5.92 Å². The maximum atomic E-state index is 11.8. The number of esters is 1. The first-order chi connectivity index (χ1) is 8.11. The molecule has 0 N–H and O–H groups in total. The lowest BCUT2D eigenvalue weighted by molar-refractivity contribution is -0.145. The lowest BCUT2D eigenvalue weighted by Crippen LogP contribution is -2.26. The smallest absolute Gasteiger partial charge is 0.311 e. The van der Waals surface area contributed by atoms with Crippen LogP contribution in [0.3, 0.4) is 0 Å². The minimum Gasteiger partial charge on any atom is -0.469 e. The van der Waals surface area contributed by atoms with E-state index >= 15 is 0 Å². The van der Waals surface area contributed by atoms with E-state index in [1.165, 1.54) is 7.11 Å². The van der Waals surface area contributed by atoms with E-state index in [9.17, 15) is 9.59 Å². The summed E-state index contributed by atoms with van der Waals surface area (Å²) in [7, 11) is 1.33. The molecule has 0 saturated carbocycles. The maximum Gasteiger partial charge on any atom is 0.311 e. The summed E-state index contributed by atoms with van der Waals surface area (Å²) in [5.41, 5.74) is 0.699. The number of aromatic nitrogens is 1. The number of anilines is 1. The molecule has 1 aromatic heterocycles. The van der Waals surface area contributed by atoms with Crippen molar-refractivity contribution >= 4 is 33.5 Å². The van der Waals surface area contributed by atoms with Gasteiger partial charge in [-0.3, -0.25) is 9.59 Å². The summed E-state index contributed by atoms with van der Waals surface area (Å²) in [6.07, 6.45) is 1.80. The Morgan fingerprint density at radius 3 is 2.94 bits per heavy atom. The largest absolute Gasteiger partial charge is 0.469 e. The van der Waals surface area contributed by atoms with Crippen molar-refractivity contribution in [1.29, 1.82) is 0 Å². The van der Waals surface area contributed by atoms with Gasteiger partial charge in [-0.05, 0) is 28.1 Å².